The Morgan fingerprint density at radius 2 is 1.06 bits per heavy atom. The summed E-state index contributed by atoms with van der Waals surface area (Å²) in [5, 5.41) is 0. The first-order chi connectivity index (χ1) is 16.4. The number of para-hydroxylation sites is 2. The fourth-order valence-electron chi connectivity index (χ4n) is 4.98. The van der Waals surface area contributed by atoms with E-state index in [1.807, 2.05) is 42.7 Å². The van der Waals surface area contributed by atoms with E-state index in [9.17, 15) is 0 Å². The minimum Gasteiger partial charge on any atom is -0.458 e. The monoisotopic (exact) mass is 424 g/mol. The predicted molar refractivity (Wildman–Crippen MR) is 131 cm³/mol. The van der Waals surface area contributed by atoms with Crippen LogP contribution in [0.3, 0.4) is 0 Å². The van der Waals surface area contributed by atoms with Crippen molar-refractivity contribution in [2.45, 2.75) is 0 Å². The molecule has 0 amide bonds. The van der Waals surface area contributed by atoms with E-state index in [-0.39, 0.29) is 6.71 Å². The van der Waals surface area contributed by atoms with E-state index in [1.54, 1.807) is 12.4 Å². The molecule has 0 saturated heterocycles. The highest BCUT2D eigenvalue weighted by Crippen LogP contribution is 2.41. The van der Waals surface area contributed by atoms with Crippen LogP contribution in [-0.4, -0.2) is 16.7 Å². The van der Waals surface area contributed by atoms with Crippen LogP contribution in [0.5, 0.6) is 23.0 Å². The molecule has 2 aliphatic rings. The average molecular weight is 424 g/mol. The van der Waals surface area contributed by atoms with Crippen LogP contribution in [0, 0.1) is 0 Å². The molecule has 0 unspecified atom stereocenters. The molecule has 0 atom stereocenters. The zero-order valence-corrected chi connectivity index (χ0v) is 17.6. The summed E-state index contributed by atoms with van der Waals surface area (Å²) >= 11 is 0. The summed E-state index contributed by atoms with van der Waals surface area (Å²) in [6, 6.07) is 26.8. The molecule has 0 N–H and O–H groups in total. The summed E-state index contributed by atoms with van der Waals surface area (Å²) in [5.74, 6) is 3.41. The summed E-state index contributed by atoms with van der Waals surface area (Å²) in [6.07, 6.45) is 7.33. The molecule has 154 valence electrons. The lowest BCUT2D eigenvalue weighted by Gasteiger charge is -2.34. The molecular weight excluding hydrogens is 407 g/mol. The highest BCUT2D eigenvalue weighted by Gasteiger charge is 2.41. The van der Waals surface area contributed by atoms with Crippen LogP contribution in [0.1, 0.15) is 0 Å². The van der Waals surface area contributed by atoms with Gasteiger partial charge in [0.05, 0.1) is 0 Å². The fourth-order valence-corrected chi connectivity index (χ4v) is 4.98. The molecule has 3 aromatic carbocycles. The van der Waals surface area contributed by atoms with Crippen molar-refractivity contribution >= 4 is 23.1 Å². The second-order valence-electron chi connectivity index (χ2n) is 8.24. The number of aromatic nitrogens is 2. The van der Waals surface area contributed by atoms with Crippen LogP contribution in [0.15, 0.2) is 104 Å². The van der Waals surface area contributed by atoms with Gasteiger partial charge >= 0.3 is 0 Å². The van der Waals surface area contributed by atoms with Gasteiger partial charge < -0.3 is 9.47 Å². The molecule has 0 fully saturated rings. The molecule has 7 rings (SSSR count). The highest BCUT2D eigenvalue weighted by molar-refractivity contribution is 6.98. The molecule has 0 spiro atoms. The topological polar surface area (TPSA) is 44.2 Å². The van der Waals surface area contributed by atoms with Gasteiger partial charge in [-0.25, -0.2) is 0 Å². The number of hydrogen-bond donors (Lipinski definition) is 0. The van der Waals surface area contributed by atoms with Gasteiger partial charge in [-0.05, 0) is 35.2 Å². The first-order valence-electron chi connectivity index (χ1n) is 10.9. The number of nitrogens with zero attached hydrogens (tertiary/aromatic N) is 2. The lowest BCUT2D eigenvalue weighted by molar-refractivity contribution is 0.466. The first kappa shape index (κ1) is 18.2. The molecular formula is C28H17BN2O2. The van der Waals surface area contributed by atoms with Crippen molar-refractivity contribution in [2.24, 2.45) is 0 Å². The lowest BCUT2D eigenvalue weighted by Crippen LogP contribution is -2.57. The summed E-state index contributed by atoms with van der Waals surface area (Å²) in [6.45, 7) is 0.0111. The smallest absolute Gasteiger partial charge is 0.260 e. The quantitative estimate of drug-likeness (QED) is 0.383. The van der Waals surface area contributed by atoms with Gasteiger partial charge in [-0.3, -0.25) is 9.97 Å². The van der Waals surface area contributed by atoms with Crippen LogP contribution in [0.4, 0.5) is 0 Å². The molecule has 2 aliphatic heterocycles. The third-order valence-electron chi connectivity index (χ3n) is 6.40. The first-order valence-corrected chi connectivity index (χ1v) is 10.9. The summed E-state index contributed by atoms with van der Waals surface area (Å²) < 4.78 is 13.0. The SMILES string of the molecule is c1cncc(-c2cccc3c2Oc2cccc4c2B3c2cccc(-c3cccnc3)c2O4)c1. The second kappa shape index (κ2) is 7.07. The normalized spacial score (nSPS) is 12.7. The molecule has 5 aromatic rings. The summed E-state index contributed by atoms with van der Waals surface area (Å²) in [7, 11) is 0. The van der Waals surface area contributed by atoms with Gasteiger partial charge in [-0.1, -0.05) is 54.6 Å². The third kappa shape index (κ3) is 2.72. The molecule has 33 heavy (non-hydrogen) atoms. The van der Waals surface area contributed by atoms with E-state index < -0.39 is 0 Å². The second-order valence-corrected chi connectivity index (χ2v) is 8.24. The van der Waals surface area contributed by atoms with E-state index in [2.05, 4.69) is 58.5 Å². The van der Waals surface area contributed by atoms with Crippen molar-refractivity contribution in [3.05, 3.63) is 104 Å². The molecule has 2 aromatic heterocycles. The number of benzene rings is 3. The molecule has 0 radical (unpaired) electrons. The Bertz CT molecular complexity index is 1410. The van der Waals surface area contributed by atoms with Crippen molar-refractivity contribution < 1.29 is 9.47 Å². The van der Waals surface area contributed by atoms with Crippen molar-refractivity contribution in [1.29, 1.82) is 0 Å². The Kier molecular flexibility index (Phi) is 3.90. The van der Waals surface area contributed by atoms with Gasteiger partial charge in [0.25, 0.3) is 6.71 Å². The van der Waals surface area contributed by atoms with Gasteiger partial charge in [-0.2, -0.15) is 0 Å². The van der Waals surface area contributed by atoms with Gasteiger partial charge in [0.15, 0.2) is 0 Å². The number of ether oxygens (including phenoxy) is 2. The van der Waals surface area contributed by atoms with Gasteiger partial charge in [0, 0.05) is 52.5 Å². The third-order valence-corrected chi connectivity index (χ3v) is 6.40. The Morgan fingerprint density at radius 3 is 1.55 bits per heavy atom. The Balaban J connectivity index is 1.50. The number of fused-ring (bicyclic) bond motifs is 4. The van der Waals surface area contributed by atoms with E-state index >= 15 is 0 Å². The fraction of sp³-hybridized carbons (Fsp3) is 0. The molecule has 0 aliphatic carbocycles. The number of hydrogen-bond acceptors (Lipinski definition) is 4. The van der Waals surface area contributed by atoms with Crippen molar-refractivity contribution in [1.82, 2.24) is 9.97 Å². The average Bonchev–Trinajstić information content (AvgIpc) is 2.89. The van der Waals surface area contributed by atoms with E-state index in [4.69, 9.17) is 9.47 Å². The summed E-state index contributed by atoms with van der Waals surface area (Å²) in [5.41, 5.74) is 7.47. The van der Waals surface area contributed by atoms with Crippen LogP contribution in [-0.2, 0) is 0 Å². The maximum Gasteiger partial charge on any atom is 0.260 e. The molecule has 4 heterocycles. The van der Waals surface area contributed by atoms with Crippen molar-refractivity contribution in [2.75, 3.05) is 0 Å². The van der Waals surface area contributed by atoms with Crippen LogP contribution in [0.2, 0.25) is 0 Å². The summed E-state index contributed by atoms with van der Waals surface area (Å²) in [4.78, 5) is 8.64. The Labute approximate surface area is 191 Å². The maximum atomic E-state index is 6.52. The maximum absolute atomic E-state index is 6.52. The van der Waals surface area contributed by atoms with Gasteiger partial charge in [0.1, 0.15) is 23.0 Å². The minimum atomic E-state index is 0.0111. The Hall–Kier alpha value is -4.38. The zero-order valence-electron chi connectivity index (χ0n) is 17.6. The standard InChI is InChI=1S/C28H17BN2O2/c1-8-20(18-6-4-14-30-16-18)27-22(10-1)29-23-11-2-9-21(19-7-5-15-31-17-19)28(23)33-25-13-3-12-24(32-27)26(25)29/h1-17H. The van der Waals surface area contributed by atoms with Gasteiger partial charge in [0.2, 0.25) is 0 Å². The zero-order chi connectivity index (χ0) is 21.8. The molecule has 5 heteroatoms. The number of pyridine rings is 2. The number of rotatable bonds is 2. The molecule has 4 nitrogen and oxygen atoms in total. The van der Waals surface area contributed by atoms with E-state index in [1.165, 1.54) is 0 Å². The molecule has 0 saturated carbocycles. The van der Waals surface area contributed by atoms with Crippen LogP contribution >= 0.6 is 0 Å². The largest absolute Gasteiger partial charge is 0.458 e. The van der Waals surface area contributed by atoms with Crippen LogP contribution in [0.25, 0.3) is 22.3 Å². The molecule has 0 bridgehead atoms. The van der Waals surface area contributed by atoms with Crippen molar-refractivity contribution in [3.8, 4) is 45.3 Å². The van der Waals surface area contributed by atoms with Crippen molar-refractivity contribution in [3.63, 3.8) is 0 Å². The van der Waals surface area contributed by atoms with E-state index in [0.717, 1.165) is 61.6 Å². The predicted octanol–water partition coefficient (Wildman–Crippen LogP) is 4.54. The van der Waals surface area contributed by atoms with E-state index in [0.29, 0.717) is 0 Å². The Morgan fingerprint density at radius 1 is 0.545 bits per heavy atom. The lowest BCUT2D eigenvalue weighted by atomic mass is 9.34. The van der Waals surface area contributed by atoms with Gasteiger partial charge in [-0.15, -0.1) is 0 Å². The highest BCUT2D eigenvalue weighted by atomic mass is 16.5. The minimum absolute atomic E-state index is 0.0111. The van der Waals surface area contributed by atoms with Crippen LogP contribution < -0.4 is 25.9 Å².